The van der Waals surface area contributed by atoms with E-state index in [0.29, 0.717) is 11.6 Å². The molecule has 4 rings (SSSR count). The van der Waals surface area contributed by atoms with Gasteiger partial charge in [0.25, 0.3) is 0 Å². The third kappa shape index (κ3) is 3.67. The lowest BCUT2D eigenvalue weighted by Crippen LogP contribution is -2.23. The predicted octanol–water partition coefficient (Wildman–Crippen LogP) is 1.33. The van der Waals surface area contributed by atoms with Gasteiger partial charge in [0, 0.05) is 25.8 Å². The molecule has 1 atom stereocenters. The van der Waals surface area contributed by atoms with Crippen LogP contribution in [0, 0.1) is 5.92 Å². The Kier molecular flexibility index (Phi) is 4.82. The van der Waals surface area contributed by atoms with E-state index in [0.717, 1.165) is 43.1 Å². The molecule has 1 saturated heterocycles. The molecule has 0 spiro atoms. The number of nitrogens with one attached hydrogen (secondary N) is 1. The Morgan fingerprint density at radius 3 is 3.07 bits per heavy atom. The van der Waals surface area contributed by atoms with Gasteiger partial charge in [0.1, 0.15) is 24.5 Å². The highest BCUT2D eigenvalue weighted by molar-refractivity contribution is 5.87. The summed E-state index contributed by atoms with van der Waals surface area (Å²) in [5, 5.41) is 8.51. The number of ether oxygens (including phenoxy) is 1. The highest BCUT2D eigenvalue weighted by Crippen LogP contribution is 2.28. The lowest BCUT2D eigenvalue weighted by Gasteiger charge is -2.18. The van der Waals surface area contributed by atoms with Crippen LogP contribution in [0.15, 0.2) is 36.9 Å². The van der Waals surface area contributed by atoms with Gasteiger partial charge >= 0.3 is 5.97 Å². The molecular weight excluding hydrogens is 346 g/mol. The molecule has 0 aromatic carbocycles. The first-order valence-electron chi connectivity index (χ1n) is 8.88. The van der Waals surface area contributed by atoms with Crippen LogP contribution in [0.5, 0.6) is 0 Å². The molecule has 9 heteroatoms. The Labute approximate surface area is 156 Å². The topological polar surface area (TPSA) is 98.1 Å². The molecule has 0 aliphatic carbocycles. The predicted molar refractivity (Wildman–Crippen MR) is 100 cm³/mol. The van der Waals surface area contributed by atoms with E-state index < -0.39 is 0 Å². The molecule has 0 radical (unpaired) electrons. The summed E-state index contributed by atoms with van der Waals surface area (Å²) < 4.78 is 6.26. The van der Waals surface area contributed by atoms with Crippen molar-refractivity contribution in [3.05, 3.63) is 36.9 Å². The minimum atomic E-state index is -0.359. The molecule has 140 valence electrons. The number of rotatable bonds is 6. The van der Waals surface area contributed by atoms with E-state index >= 15 is 0 Å². The molecule has 0 bridgehead atoms. The third-order valence-electron chi connectivity index (χ3n) is 4.74. The summed E-state index contributed by atoms with van der Waals surface area (Å²) in [6.45, 7) is 2.72. The summed E-state index contributed by atoms with van der Waals surface area (Å²) >= 11 is 0. The van der Waals surface area contributed by atoms with Gasteiger partial charge in [-0.15, -0.1) is 0 Å². The zero-order valence-electron chi connectivity index (χ0n) is 15.1. The smallest absolute Gasteiger partial charge is 0.327 e. The van der Waals surface area contributed by atoms with Crippen molar-refractivity contribution < 1.29 is 9.53 Å². The molecule has 3 aromatic heterocycles. The van der Waals surface area contributed by atoms with Crippen LogP contribution < -0.4 is 10.2 Å². The van der Waals surface area contributed by atoms with Gasteiger partial charge in [-0.25, -0.2) is 19.6 Å². The van der Waals surface area contributed by atoms with Crippen LogP contribution in [0.2, 0.25) is 0 Å². The Hall–Kier alpha value is -3.23. The molecule has 1 aliphatic rings. The SMILES string of the molecule is COC(=O)Cn1ncc2c(N3CCC(CNc4ccccn4)C3)ncnc21. The zero-order valence-corrected chi connectivity index (χ0v) is 15.1. The normalized spacial score (nSPS) is 16.6. The van der Waals surface area contributed by atoms with Gasteiger partial charge < -0.3 is 15.0 Å². The molecule has 3 aromatic rings. The summed E-state index contributed by atoms with van der Waals surface area (Å²) in [6, 6.07) is 5.85. The average Bonchev–Trinajstić information content (AvgIpc) is 3.34. The molecule has 0 amide bonds. The quantitative estimate of drug-likeness (QED) is 0.652. The summed E-state index contributed by atoms with van der Waals surface area (Å²) in [6.07, 6.45) is 6.09. The molecule has 1 N–H and O–H groups in total. The maximum atomic E-state index is 11.5. The van der Waals surface area contributed by atoms with Gasteiger partial charge in [-0.2, -0.15) is 5.10 Å². The summed E-state index contributed by atoms with van der Waals surface area (Å²) in [5.41, 5.74) is 0.639. The molecular formula is C18H21N7O2. The first-order chi connectivity index (χ1) is 13.2. The van der Waals surface area contributed by atoms with Gasteiger partial charge in [-0.3, -0.25) is 4.79 Å². The average molecular weight is 367 g/mol. The van der Waals surface area contributed by atoms with E-state index in [1.165, 1.54) is 13.4 Å². The minimum absolute atomic E-state index is 0.0348. The fourth-order valence-corrected chi connectivity index (χ4v) is 3.34. The Morgan fingerprint density at radius 2 is 2.26 bits per heavy atom. The maximum Gasteiger partial charge on any atom is 0.327 e. The van der Waals surface area contributed by atoms with E-state index in [9.17, 15) is 4.79 Å². The fourth-order valence-electron chi connectivity index (χ4n) is 3.34. The van der Waals surface area contributed by atoms with E-state index in [1.807, 2.05) is 18.2 Å². The Bertz CT molecular complexity index is 928. The molecule has 9 nitrogen and oxygen atoms in total. The van der Waals surface area contributed by atoms with Crippen molar-refractivity contribution in [2.45, 2.75) is 13.0 Å². The van der Waals surface area contributed by atoms with E-state index in [-0.39, 0.29) is 12.5 Å². The summed E-state index contributed by atoms with van der Waals surface area (Å²) in [5.74, 6) is 1.89. The number of aromatic nitrogens is 5. The van der Waals surface area contributed by atoms with Crippen molar-refractivity contribution in [1.29, 1.82) is 0 Å². The van der Waals surface area contributed by atoms with Crippen LogP contribution in [0.4, 0.5) is 11.6 Å². The van der Waals surface area contributed by atoms with E-state index in [1.54, 1.807) is 17.1 Å². The number of nitrogens with zero attached hydrogens (tertiary/aromatic N) is 6. The summed E-state index contributed by atoms with van der Waals surface area (Å²) in [4.78, 5) is 26.8. The molecule has 1 fully saturated rings. The van der Waals surface area contributed by atoms with E-state index in [4.69, 9.17) is 4.74 Å². The van der Waals surface area contributed by atoms with Crippen molar-refractivity contribution >= 4 is 28.6 Å². The van der Waals surface area contributed by atoms with Crippen LogP contribution >= 0.6 is 0 Å². The first kappa shape index (κ1) is 17.2. The number of hydrogen-bond acceptors (Lipinski definition) is 8. The summed E-state index contributed by atoms with van der Waals surface area (Å²) in [7, 11) is 1.36. The number of pyridine rings is 1. The molecule has 1 unspecified atom stereocenters. The van der Waals surface area contributed by atoms with Gasteiger partial charge in [0.15, 0.2) is 5.65 Å². The van der Waals surface area contributed by atoms with Crippen LogP contribution in [0.3, 0.4) is 0 Å². The van der Waals surface area contributed by atoms with Crippen LogP contribution in [-0.4, -0.2) is 57.4 Å². The lowest BCUT2D eigenvalue weighted by atomic mass is 10.1. The largest absolute Gasteiger partial charge is 0.468 e. The third-order valence-corrected chi connectivity index (χ3v) is 4.74. The monoisotopic (exact) mass is 367 g/mol. The van der Waals surface area contributed by atoms with Crippen LogP contribution in [-0.2, 0) is 16.1 Å². The van der Waals surface area contributed by atoms with Crippen LogP contribution in [0.25, 0.3) is 11.0 Å². The fraction of sp³-hybridized carbons (Fsp3) is 0.389. The van der Waals surface area contributed by atoms with Crippen molar-refractivity contribution in [2.75, 3.05) is 37.0 Å². The van der Waals surface area contributed by atoms with Gasteiger partial charge in [0.2, 0.25) is 0 Å². The Balaban J connectivity index is 1.46. The minimum Gasteiger partial charge on any atom is -0.468 e. The second kappa shape index (κ2) is 7.56. The van der Waals surface area contributed by atoms with E-state index in [2.05, 4.69) is 30.3 Å². The van der Waals surface area contributed by atoms with Crippen molar-refractivity contribution in [3.63, 3.8) is 0 Å². The molecule has 0 saturated carbocycles. The number of hydrogen-bond donors (Lipinski definition) is 1. The number of fused-ring (bicyclic) bond motifs is 1. The molecule has 27 heavy (non-hydrogen) atoms. The molecule has 4 heterocycles. The number of methoxy groups -OCH3 is 1. The molecule has 1 aliphatic heterocycles. The number of carbonyl (C=O) groups excluding carboxylic acids is 1. The van der Waals surface area contributed by atoms with Crippen molar-refractivity contribution in [3.8, 4) is 0 Å². The number of carbonyl (C=O) groups is 1. The Morgan fingerprint density at radius 1 is 1.33 bits per heavy atom. The number of anilines is 2. The zero-order chi connectivity index (χ0) is 18.6. The lowest BCUT2D eigenvalue weighted by molar-refractivity contribution is -0.141. The van der Waals surface area contributed by atoms with Gasteiger partial charge in [-0.1, -0.05) is 6.07 Å². The second-order valence-corrected chi connectivity index (χ2v) is 6.51. The van der Waals surface area contributed by atoms with Crippen molar-refractivity contribution in [1.82, 2.24) is 24.7 Å². The van der Waals surface area contributed by atoms with Crippen molar-refractivity contribution in [2.24, 2.45) is 5.92 Å². The highest BCUT2D eigenvalue weighted by atomic mass is 16.5. The van der Waals surface area contributed by atoms with Gasteiger partial charge in [-0.05, 0) is 24.5 Å². The maximum absolute atomic E-state index is 11.5. The van der Waals surface area contributed by atoms with Gasteiger partial charge in [0.05, 0.1) is 18.7 Å². The second-order valence-electron chi connectivity index (χ2n) is 6.51. The number of esters is 1. The highest BCUT2D eigenvalue weighted by Gasteiger charge is 2.26. The first-order valence-corrected chi connectivity index (χ1v) is 8.88. The standard InChI is InChI=1S/C18H21N7O2/c1-27-16(26)11-25-18-14(9-23-25)17(21-12-22-18)24-7-5-13(10-24)8-20-15-4-2-3-6-19-15/h2-4,6,9,12-13H,5,7-8,10-11H2,1H3,(H,19,20). The van der Waals surface area contributed by atoms with Crippen LogP contribution in [0.1, 0.15) is 6.42 Å².